The first kappa shape index (κ1) is 29.2. The van der Waals surface area contributed by atoms with E-state index < -0.39 is 17.9 Å². The van der Waals surface area contributed by atoms with Gasteiger partial charge in [-0.05, 0) is 25.1 Å². The molecule has 1 fully saturated rings. The fourth-order valence-electron chi connectivity index (χ4n) is 4.75. The van der Waals surface area contributed by atoms with Crippen LogP contribution in [0, 0.1) is 0 Å². The number of carboxylic acid groups (broad SMARTS) is 3. The van der Waals surface area contributed by atoms with E-state index in [1.807, 2.05) is 0 Å². The van der Waals surface area contributed by atoms with Crippen LogP contribution in [0.1, 0.15) is 27.1 Å². The van der Waals surface area contributed by atoms with Crippen molar-refractivity contribution >= 4 is 29.7 Å². The van der Waals surface area contributed by atoms with E-state index in [0.717, 1.165) is 0 Å². The molecule has 208 valence electrons. The molecule has 1 aromatic carbocycles. The van der Waals surface area contributed by atoms with Gasteiger partial charge in [0.15, 0.2) is 0 Å². The first-order chi connectivity index (χ1) is 18.1. The number of hydrogen-bond acceptors (Lipinski definition) is 9. The van der Waals surface area contributed by atoms with Crippen LogP contribution < -0.4 is 0 Å². The molecule has 13 nitrogen and oxygen atoms in total. The van der Waals surface area contributed by atoms with Crippen molar-refractivity contribution in [1.29, 1.82) is 0 Å². The van der Waals surface area contributed by atoms with Crippen molar-refractivity contribution in [3.8, 4) is 0 Å². The molecule has 0 atom stereocenters. The van der Waals surface area contributed by atoms with Crippen LogP contribution in [-0.2, 0) is 14.4 Å². The third kappa shape index (κ3) is 8.58. The third-order valence-corrected chi connectivity index (χ3v) is 6.74. The largest absolute Gasteiger partial charge is 0.480 e. The van der Waals surface area contributed by atoms with Gasteiger partial charge in [-0.25, -0.2) is 0 Å². The van der Waals surface area contributed by atoms with Gasteiger partial charge in [0.1, 0.15) is 0 Å². The summed E-state index contributed by atoms with van der Waals surface area (Å²) in [7, 11) is 0. The van der Waals surface area contributed by atoms with Gasteiger partial charge in [-0.1, -0.05) is 12.1 Å². The van der Waals surface area contributed by atoms with E-state index in [2.05, 4.69) is 4.90 Å². The Labute approximate surface area is 220 Å². The molecule has 0 radical (unpaired) electrons. The first-order valence-corrected chi connectivity index (χ1v) is 12.6. The summed E-state index contributed by atoms with van der Waals surface area (Å²) in [5, 5.41) is 27.9. The smallest absolute Gasteiger partial charge is 0.317 e. The highest BCUT2D eigenvalue weighted by atomic mass is 16.4. The monoisotopic (exact) mass is 533 g/mol. The fourth-order valence-corrected chi connectivity index (χ4v) is 4.75. The lowest BCUT2D eigenvalue weighted by molar-refractivity contribution is -0.140. The Morgan fingerprint density at radius 1 is 0.579 bits per heavy atom. The van der Waals surface area contributed by atoms with E-state index in [-0.39, 0.29) is 38.0 Å². The van der Waals surface area contributed by atoms with Gasteiger partial charge >= 0.3 is 17.9 Å². The lowest BCUT2D eigenvalue weighted by atomic mass is 10.1. The minimum absolute atomic E-state index is 0.186. The second-order valence-corrected chi connectivity index (χ2v) is 9.51. The SMILES string of the molecule is O=C(O)CN1CCN(CCCN2C(=O)c3ccccc3C2=O)CCN(CC(=O)O)CCN(CC(=O)O)CC1. The van der Waals surface area contributed by atoms with Crippen LogP contribution in [0.5, 0.6) is 0 Å². The Morgan fingerprint density at radius 3 is 1.26 bits per heavy atom. The zero-order valence-electron chi connectivity index (χ0n) is 21.3. The Balaban J connectivity index is 1.65. The second kappa shape index (κ2) is 14.0. The van der Waals surface area contributed by atoms with Gasteiger partial charge in [0.2, 0.25) is 0 Å². The molecule has 0 unspecified atom stereocenters. The van der Waals surface area contributed by atoms with Crippen molar-refractivity contribution in [3.63, 3.8) is 0 Å². The number of nitrogens with zero attached hydrogens (tertiary/aromatic N) is 5. The van der Waals surface area contributed by atoms with E-state index in [9.17, 15) is 39.3 Å². The topological polar surface area (TPSA) is 162 Å². The highest BCUT2D eigenvalue weighted by Gasteiger charge is 2.34. The minimum Gasteiger partial charge on any atom is -0.480 e. The minimum atomic E-state index is -1.00. The number of carbonyl (C=O) groups is 5. The highest BCUT2D eigenvalue weighted by molar-refractivity contribution is 6.21. The van der Waals surface area contributed by atoms with E-state index in [0.29, 0.717) is 76.5 Å². The van der Waals surface area contributed by atoms with Gasteiger partial charge in [-0.2, -0.15) is 0 Å². The quantitative estimate of drug-likeness (QED) is 0.320. The van der Waals surface area contributed by atoms with Gasteiger partial charge in [0.25, 0.3) is 11.8 Å². The molecule has 0 aliphatic carbocycles. The summed E-state index contributed by atoms with van der Waals surface area (Å²) in [5.41, 5.74) is 0.795. The Morgan fingerprint density at radius 2 is 0.921 bits per heavy atom. The summed E-state index contributed by atoms with van der Waals surface area (Å²) in [5.74, 6) is -3.59. The molecule has 13 heteroatoms. The number of rotatable bonds is 10. The molecule has 3 N–H and O–H groups in total. The predicted molar refractivity (Wildman–Crippen MR) is 135 cm³/mol. The van der Waals surface area contributed by atoms with Crippen LogP contribution in [0.4, 0.5) is 0 Å². The number of hydrogen-bond donors (Lipinski definition) is 3. The van der Waals surface area contributed by atoms with Crippen LogP contribution in [0.25, 0.3) is 0 Å². The van der Waals surface area contributed by atoms with Crippen molar-refractivity contribution in [2.24, 2.45) is 0 Å². The van der Waals surface area contributed by atoms with Crippen molar-refractivity contribution in [2.75, 3.05) is 85.1 Å². The highest BCUT2D eigenvalue weighted by Crippen LogP contribution is 2.22. The van der Waals surface area contributed by atoms with Crippen LogP contribution in [0.3, 0.4) is 0 Å². The first-order valence-electron chi connectivity index (χ1n) is 12.6. The normalized spacial score (nSPS) is 19.1. The van der Waals surface area contributed by atoms with Gasteiger partial charge < -0.3 is 20.2 Å². The van der Waals surface area contributed by atoms with E-state index in [4.69, 9.17) is 0 Å². The second-order valence-electron chi connectivity index (χ2n) is 9.51. The molecule has 0 spiro atoms. The average Bonchev–Trinajstić information content (AvgIpc) is 3.09. The maximum Gasteiger partial charge on any atom is 0.317 e. The van der Waals surface area contributed by atoms with E-state index in [1.54, 1.807) is 39.0 Å². The van der Waals surface area contributed by atoms with Crippen molar-refractivity contribution in [1.82, 2.24) is 24.5 Å². The van der Waals surface area contributed by atoms with Crippen LogP contribution in [0.15, 0.2) is 24.3 Å². The zero-order chi connectivity index (χ0) is 27.7. The molecular formula is C25H35N5O8. The van der Waals surface area contributed by atoms with Gasteiger partial charge in [0, 0.05) is 58.9 Å². The van der Waals surface area contributed by atoms with Crippen molar-refractivity contribution in [3.05, 3.63) is 35.4 Å². The summed E-state index contributed by atoms with van der Waals surface area (Å²) in [6.45, 7) is 3.37. The summed E-state index contributed by atoms with van der Waals surface area (Å²) >= 11 is 0. The maximum absolute atomic E-state index is 12.7. The van der Waals surface area contributed by atoms with Crippen LogP contribution >= 0.6 is 0 Å². The number of fused-ring (bicyclic) bond motifs is 1. The number of carboxylic acids is 3. The Hall–Kier alpha value is -3.39. The lowest BCUT2D eigenvalue weighted by Crippen LogP contribution is -2.48. The molecule has 2 amide bonds. The number of imide groups is 1. The number of carbonyl (C=O) groups excluding carboxylic acids is 2. The molecule has 0 bridgehead atoms. The predicted octanol–water partition coefficient (Wildman–Crippen LogP) is -0.852. The van der Waals surface area contributed by atoms with Crippen molar-refractivity contribution in [2.45, 2.75) is 6.42 Å². The van der Waals surface area contributed by atoms with E-state index in [1.165, 1.54) is 4.90 Å². The molecule has 2 heterocycles. The lowest BCUT2D eigenvalue weighted by Gasteiger charge is -2.33. The molecule has 0 saturated carbocycles. The van der Waals surface area contributed by atoms with E-state index >= 15 is 0 Å². The maximum atomic E-state index is 12.7. The van der Waals surface area contributed by atoms with Crippen molar-refractivity contribution < 1.29 is 39.3 Å². The van der Waals surface area contributed by atoms with Crippen LogP contribution in [-0.4, -0.2) is 155 Å². The molecular weight excluding hydrogens is 498 g/mol. The zero-order valence-corrected chi connectivity index (χ0v) is 21.3. The third-order valence-electron chi connectivity index (χ3n) is 6.74. The Kier molecular flexibility index (Phi) is 10.7. The van der Waals surface area contributed by atoms with Gasteiger partial charge in [-0.15, -0.1) is 0 Å². The molecule has 2 aliphatic rings. The average molecular weight is 534 g/mol. The summed E-state index contributed by atoms with van der Waals surface area (Å²) in [6, 6.07) is 6.71. The summed E-state index contributed by atoms with van der Waals surface area (Å²) in [6.07, 6.45) is 0.510. The summed E-state index contributed by atoms with van der Waals surface area (Å²) < 4.78 is 0. The number of amides is 2. The van der Waals surface area contributed by atoms with Gasteiger partial charge in [-0.3, -0.25) is 43.6 Å². The fraction of sp³-hybridized carbons (Fsp3) is 0.560. The molecule has 3 rings (SSSR count). The molecule has 1 saturated heterocycles. The summed E-state index contributed by atoms with van der Waals surface area (Å²) in [4.78, 5) is 67.9. The number of benzene rings is 1. The molecule has 0 aromatic heterocycles. The molecule has 1 aromatic rings. The molecule has 2 aliphatic heterocycles. The van der Waals surface area contributed by atoms with Crippen LogP contribution in [0.2, 0.25) is 0 Å². The number of aliphatic carboxylic acids is 3. The molecule has 38 heavy (non-hydrogen) atoms. The standard InChI is InChI=1S/C25H35N5O8/c31-21(32)16-27-10-8-26(6-3-7-30-24(37)19-4-1-2-5-20(19)25(30)38)9-11-28(17-22(33)34)13-15-29(14-12-27)18-23(35)36/h1-2,4-5H,3,6-18H2,(H,31,32)(H,33,34)(H,35,36). The van der Waals surface area contributed by atoms with Gasteiger partial charge in [0.05, 0.1) is 30.8 Å². The Bertz CT molecular complexity index is 968.